The van der Waals surface area contributed by atoms with Crippen molar-refractivity contribution in [3.8, 4) is 10.6 Å². The van der Waals surface area contributed by atoms with Crippen LogP contribution in [0.15, 0.2) is 28.1 Å². The Bertz CT molecular complexity index is 602. The van der Waals surface area contributed by atoms with Gasteiger partial charge in [-0.1, -0.05) is 11.2 Å². The van der Waals surface area contributed by atoms with Crippen molar-refractivity contribution >= 4 is 17.2 Å². The van der Waals surface area contributed by atoms with E-state index in [1.807, 2.05) is 23.6 Å². The highest BCUT2D eigenvalue weighted by atomic mass is 32.1. The van der Waals surface area contributed by atoms with Gasteiger partial charge in [0, 0.05) is 26.3 Å². The average Bonchev–Trinajstić information content (AvgIpc) is 2.94. The fourth-order valence-electron chi connectivity index (χ4n) is 2.35. The first-order valence-corrected chi connectivity index (χ1v) is 7.92. The third-order valence-electron chi connectivity index (χ3n) is 3.76. The zero-order valence-electron chi connectivity index (χ0n) is 11.9. The molecule has 6 heteroatoms. The van der Waals surface area contributed by atoms with Gasteiger partial charge in [-0.2, -0.15) is 0 Å². The molecule has 0 aliphatic heterocycles. The van der Waals surface area contributed by atoms with E-state index in [0.717, 1.165) is 35.6 Å². The van der Waals surface area contributed by atoms with Crippen molar-refractivity contribution in [3.63, 3.8) is 0 Å². The zero-order valence-corrected chi connectivity index (χ0v) is 12.7. The molecule has 3 rings (SSSR count). The molecule has 5 nitrogen and oxygen atoms in total. The number of carbonyl (C=O) groups excluding carboxylic acids is 1. The van der Waals surface area contributed by atoms with Crippen molar-refractivity contribution in [2.24, 2.45) is 0 Å². The molecule has 0 saturated heterocycles. The largest absolute Gasteiger partial charge is 0.385 e. The molecule has 2 heterocycles. The predicted octanol–water partition coefficient (Wildman–Crippen LogP) is 2.59. The molecule has 0 bridgehead atoms. The quantitative estimate of drug-likeness (QED) is 0.799. The van der Waals surface area contributed by atoms with E-state index in [4.69, 9.17) is 9.26 Å². The van der Waals surface area contributed by atoms with E-state index < -0.39 is 5.41 Å². The Labute approximate surface area is 127 Å². The minimum atomic E-state index is -0.480. The number of thiophene rings is 1. The van der Waals surface area contributed by atoms with Crippen molar-refractivity contribution in [1.29, 1.82) is 0 Å². The van der Waals surface area contributed by atoms with Gasteiger partial charge in [-0.3, -0.25) is 4.79 Å². The molecule has 1 fully saturated rings. The molecular weight excluding hydrogens is 288 g/mol. The van der Waals surface area contributed by atoms with E-state index in [0.29, 0.717) is 13.2 Å². The van der Waals surface area contributed by atoms with E-state index in [1.54, 1.807) is 18.4 Å². The van der Waals surface area contributed by atoms with Gasteiger partial charge < -0.3 is 14.6 Å². The number of hydrogen-bond donors (Lipinski definition) is 1. The monoisotopic (exact) mass is 306 g/mol. The van der Waals surface area contributed by atoms with Crippen LogP contribution >= 0.6 is 11.3 Å². The third kappa shape index (κ3) is 2.87. The summed E-state index contributed by atoms with van der Waals surface area (Å²) < 4.78 is 10.4. The smallest absolute Gasteiger partial charge is 0.232 e. The number of nitrogens with one attached hydrogen (secondary N) is 1. The Balaban J connectivity index is 1.67. The third-order valence-corrected chi connectivity index (χ3v) is 4.64. The lowest BCUT2D eigenvalue weighted by atomic mass is 10.0. The van der Waals surface area contributed by atoms with Crippen LogP contribution in [0.25, 0.3) is 10.6 Å². The highest BCUT2D eigenvalue weighted by Gasteiger charge is 2.53. The van der Waals surface area contributed by atoms with Crippen molar-refractivity contribution in [1.82, 2.24) is 10.5 Å². The molecule has 0 atom stereocenters. The van der Waals surface area contributed by atoms with E-state index in [2.05, 4.69) is 10.5 Å². The van der Waals surface area contributed by atoms with E-state index in [1.165, 1.54) is 0 Å². The lowest BCUT2D eigenvalue weighted by Crippen LogP contribution is -2.35. The normalized spacial score (nSPS) is 15.9. The van der Waals surface area contributed by atoms with Gasteiger partial charge >= 0.3 is 0 Å². The second-order valence-electron chi connectivity index (χ2n) is 5.24. The van der Waals surface area contributed by atoms with Crippen molar-refractivity contribution in [2.45, 2.75) is 24.7 Å². The number of ether oxygens (including phenoxy) is 1. The van der Waals surface area contributed by atoms with E-state index in [9.17, 15) is 4.79 Å². The van der Waals surface area contributed by atoms with Gasteiger partial charge in [0.15, 0.2) is 5.76 Å². The van der Waals surface area contributed by atoms with Gasteiger partial charge in [-0.15, -0.1) is 11.3 Å². The Morgan fingerprint density at radius 2 is 2.43 bits per heavy atom. The molecule has 2 aromatic heterocycles. The second-order valence-corrected chi connectivity index (χ2v) is 6.19. The van der Waals surface area contributed by atoms with Crippen LogP contribution in [0.1, 0.15) is 25.0 Å². The first kappa shape index (κ1) is 14.3. The summed E-state index contributed by atoms with van der Waals surface area (Å²) in [4.78, 5) is 13.4. The first-order chi connectivity index (χ1) is 10.3. The summed E-state index contributed by atoms with van der Waals surface area (Å²) in [5.74, 6) is 0.781. The maximum atomic E-state index is 12.4. The fraction of sp³-hybridized carbons (Fsp3) is 0.467. The number of aromatic nitrogens is 1. The Morgan fingerprint density at radius 3 is 3.10 bits per heavy atom. The number of carbonyl (C=O) groups is 1. The fourth-order valence-corrected chi connectivity index (χ4v) is 3.02. The van der Waals surface area contributed by atoms with Gasteiger partial charge in [0.25, 0.3) is 0 Å². The topological polar surface area (TPSA) is 64.4 Å². The summed E-state index contributed by atoms with van der Waals surface area (Å²) in [5, 5.41) is 9.08. The molecule has 0 unspecified atom stereocenters. The minimum Gasteiger partial charge on any atom is -0.385 e. The molecule has 2 aromatic rings. The van der Waals surface area contributed by atoms with Crippen LogP contribution in [-0.2, 0) is 14.9 Å². The predicted molar refractivity (Wildman–Crippen MR) is 80.2 cm³/mol. The Morgan fingerprint density at radius 1 is 1.57 bits per heavy atom. The highest BCUT2D eigenvalue weighted by Crippen LogP contribution is 2.48. The standard InChI is InChI=1S/C15H18N2O3S/c1-19-8-3-7-16-14(18)15(5-6-15)13-10-11(20-17-13)12-4-2-9-21-12/h2,4,9-10H,3,5-8H2,1H3,(H,16,18). The molecule has 1 N–H and O–H groups in total. The van der Waals surface area contributed by atoms with Crippen LogP contribution in [0.2, 0.25) is 0 Å². The molecule has 112 valence electrons. The number of hydrogen-bond acceptors (Lipinski definition) is 5. The van der Waals surface area contributed by atoms with Crippen molar-refractivity contribution in [2.75, 3.05) is 20.3 Å². The molecule has 1 aliphatic carbocycles. The summed E-state index contributed by atoms with van der Waals surface area (Å²) in [6.07, 6.45) is 2.48. The van der Waals surface area contributed by atoms with Crippen LogP contribution in [-0.4, -0.2) is 31.3 Å². The van der Waals surface area contributed by atoms with Crippen molar-refractivity contribution in [3.05, 3.63) is 29.3 Å². The Hall–Kier alpha value is -1.66. The van der Waals surface area contributed by atoms with Gasteiger partial charge in [0.2, 0.25) is 5.91 Å². The molecule has 0 aromatic carbocycles. The molecule has 21 heavy (non-hydrogen) atoms. The molecule has 0 spiro atoms. The maximum absolute atomic E-state index is 12.4. The summed E-state index contributed by atoms with van der Waals surface area (Å²) >= 11 is 1.60. The van der Waals surface area contributed by atoms with Crippen LogP contribution in [0, 0.1) is 0 Å². The first-order valence-electron chi connectivity index (χ1n) is 7.04. The molecular formula is C15H18N2O3S. The number of nitrogens with zero attached hydrogens (tertiary/aromatic N) is 1. The van der Waals surface area contributed by atoms with E-state index >= 15 is 0 Å². The van der Waals surface area contributed by atoms with Gasteiger partial charge in [-0.05, 0) is 30.7 Å². The van der Waals surface area contributed by atoms with Crippen LogP contribution < -0.4 is 5.32 Å². The van der Waals surface area contributed by atoms with Crippen LogP contribution in [0.4, 0.5) is 0 Å². The summed E-state index contributed by atoms with van der Waals surface area (Å²) in [5.41, 5.74) is 0.265. The SMILES string of the molecule is COCCCNC(=O)C1(c2cc(-c3cccs3)on2)CC1. The molecule has 0 radical (unpaired) electrons. The minimum absolute atomic E-state index is 0.0460. The maximum Gasteiger partial charge on any atom is 0.232 e. The van der Waals surface area contributed by atoms with Crippen LogP contribution in [0.3, 0.4) is 0 Å². The number of rotatable bonds is 7. The average molecular weight is 306 g/mol. The van der Waals surface area contributed by atoms with Crippen molar-refractivity contribution < 1.29 is 14.1 Å². The zero-order chi connectivity index (χ0) is 14.7. The number of amides is 1. The lowest BCUT2D eigenvalue weighted by molar-refractivity contribution is -0.123. The summed E-state index contributed by atoms with van der Waals surface area (Å²) in [6, 6.07) is 5.85. The number of methoxy groups -OCH3 is 1. The second kappa shape index (κ2) is 5.99. The van der Waals surface area contributed by atoms with Gasteiger partial charge in [-0.25, -0.2) is 0 Å². The summed E-state index contributed by atoms with van der Waals surface area (Å²) in [7, 11) is 1.66. The lowest BCUT2D eigenvalue weighted by Gasteiger charge is -2.12. The summed E-state index contributed by atoms with van der Waals surface area (Å²) in [6.45, 7) is 1.28. The van der Waals surface area contributed by atoms with Crippen LogP contribution in [0.5, 0.6) is 0 Å². The molecule has 1 saturated carbocycles. The Kier molecular flexibility index (Phi) is 4.07. The molecule has 1 aliphatic rings. The highest BCUT2D eigenvalue weighted by molar-refractivity contribution is 7.13. The van der Waals surface area contributed by atoms with Gasteiger partial charge in [0.1, 0.15) is 0 Å². The van der Waals surface area contributed by atoms with Gasteiger partial charge in [0.05, 0.1) is 16.0 Å². The van der Waals surface area contributed by atoms with E-state index in [-0.39, 0.29) is 5.91 Å². The molecule has 1 amide bonds.